The lowest BCUT2D eigenvalue weighted by Crippen LogP contribution is -2.02. The van der Waals surface area contributed by atoms with Gasteiger partial charge in [-0.2, -0.15) is 4.98 Å². The second-order valence-electron chi connectivity index (χ2n) is 7.18. The fraction of sp³-hybridized carbons (Fsp3) is 0.130. The Kier molecular flexibility index (Phi) is 5.35. The van der Waals surface area contributed by atoms with Gasteiger partial charge in [-0.3, -0.25) is 0 Å². The van der Waals surface area contributed by atoms with E-state index in [-0.39, 0.29) is 0 Å². The van der Waals surface area contributed by atoms with Crippen molar-refractivity contribution in [3.8, 4) is 28.4 Å². The van der Waals surface area contributed by atoms with Gasteiger partial charge in [-0.15, -0.1) is 11.3 Å². The van der Waals surface area contributed by atoms with Crippen molar-refractivity contribution in [2.24, 2.45) is 0 Å². The number of hydrogen-bond acceptors (Lipinski definition) is 8. The smallest absolute Gasteiger partial charge is 0.229 e. The van der Waals surface area contributed by atoms with Gasteiger partial charge in [-0.05, 0) is 31.2 Å². The number of methoxy groups -OCH3 is 2. The molecule has 0 fully saturated rings. The molecule has 5 aromatic rings. The highest BCUT2D eigenvalue weighted by molar-refractivity contribution is 7.17. The zero-order valence-electron chi connectivity index (χ0n) is 18.0. The monoisotopic (exact) mass is 462 g/mol. The first kappa shape index (κ1) is 20.8. The summed E-state index contributed by atoms with van der Waals surface area (Å²) in [6.45, 7) is 1.92. The maximum Gasteiger partial charge on any atom is 0.229 e. The minimum absolute atomic E-state index is 0.298. The van der Waals surface area contributed by atoms with Crippen LogP contribution in [0.5, 0.6) is 11.5 Å². The van der Waals surface area contributed by atoms with E-state index in [1.165, 1.54) is 24.5 Å². The van der Waals surface area contributed by atoms with Crippen LogP contribution in [0.25, 0.3) is 27.3 Å². The third-order valence-corrected chi connectivity index (χ3v) is 5.87. The normalized spacial score (nSPS) is 11.0. The molecule has 166 valence electrons. The largest absolute Gasteiger partial charge is 0.497 e. The van der Waals surface area contributed by atoms with Crippen molar-refractivity contribution in [1.82, 2.24) is 24.5 Å². The van der Waals surface area contributed by atoms with Gasteiger partial charge in [0.1, 0.15) is 17.3 Å². The van der Waals surface area contributed by atoms with Crippen LogP contribution in [0.2, 0.25) is 0 Å². The lowest BCUT2D eigenvalue weighted by molar-refractivity contribution is 0.411. The molecule has 0 amide bonds. The van der Waals surface area contributed by atoms with Gasteiger partial charge in [0.05, 0.1) is 47.8 Å². The van der Waals surface area contributed by atoms with Crippen molar-refractivity contribution in [2.45, 2.75) is 6.92 Å². The number of ether oxygens (including phenoxy) is 2. The van der Waals surface area contributed by atoms with E-state index in [0.29, 0.717) is 44.7 Å². The second-order valence-corrected chi connectivity index (χ2v) is 8.04. The summed E-state index contributed by atoms with van der Waals surface area (Å²) in [6, 6.07) is 10.3. The third-order valence-electron chi connectivity index (χ3n) is 5.05. The average Bonchev–Trinajstić information content (AvgIpc) is 3.47. The molecule has 10 heteroatoms. The van der Waals surface area contributed by atoms with Crippen molar-refractivity contribution >= 4 is 33.3 Å². The van der Waals surface area contributed by atoms with Crippen LogP contribution in [0.1, 0.15) is 5.69 Å². The Hall–Kier alpha value is -4.05. The summed E-state index contributed by atoms with van der Waals surface area (Å²) >= 11 is 1.36. The lowest BCUT2D eigenvalue weighted by atomic mass is 10.1. The van der Waals surface area contributed by atoms with E-state index in [1.54, 1.807) is 31.1 Å². The number of fused-ring (bicyclic) bond motifs is 1. The number of rotatable bonds is 6. The molecule has 0 aliphatic carbocycles. The number of benzene rings is 2. The molecule has 0 spiro atoms. The standard InChI is InChI=1S/C23H19FN6O2S/c1-13-10-30(11-25-13)18-7-4-14(8-19(18)32-3)27-23-28-20(21-22(29-23)26-12-33-21)16-6-5-15(31-2)9-17(16)24/h4-12H,1-3H3,(H,27,28,29). The molecule has 1 N–H and O–H groups in total. The molecule has 0 saturated carbocycles. The van der Waals surface area contributed by atoms with Crippen LogP contribution < -0.4 is 14.8 Å². The number of nitrogens with zero attached hydrogens (tertiary/aromatic N) is 5. The van der Waals surface area contributed by atoms with Gasteiger partial charge in [0.25, 0.3) is 0 Å². The summed E-state index contributed by atoms with van der Waals surface area (Å²) in [5, 5.41) is 3.19. The van der Waals surface area contributed by atoms with Gasteiger partial charge in [-0.1, -0.05) is 0 Å². The van der Waals surface area contributed by atoms with Gasteiger partial charge >= 0.3 is 0 Å². The maximum absolute atomic E-state index is 14.8. The summed E-state index contributed by atoms with van der Waals surface area (Å²) in [5.74, 6) is 0.945. The van der Waals surface area contributed by atoms with Gasteiger partial charge in [0, 0.05) is 29.6 Å². The van der Waals surface area contributed by atoms with E-state index in [9.17, 15) is 4.39 Å². The van der Waals surface area contributed by atoms with Crippen LogP contribution in [0.15, 0.2) is 54.4 Å². The molecule has 0 aliphatic rings. The quantitative estimate of drug-likeness (QED) is 0.373. The van der Waals surface area contributed by atoms with Gasteiger partial charge < -0.3 is 19.4 Å². The van der Waals surface area contributed by atoms with Crippen LogP contribution in [0.3, 0.4) is 0 Å². The Morgan fingerprint density at radius 2 is 1.91 bits per heavy atom. The first-order valence-electron chi connectivity index (χ1n) is 9.97. The number of nitrogens with one attached hydrogen (secondary N) is 1. The molecular weight excluding hydrogens is 443 g/mol. The maximum atomic E-state index is 14.8. The summed E-state index contributed by atoms with van der Waals surface area (Å²) in [7, 11) is 3.10. The Morgan fingerprint density at radius 3 is 2.64 bits per heavy atom. The van der Waals surface area contributed by atoms with Crippen molar-refractivity contribution in [3.63, 3.8) is 0 Å². The van der Waals surface area contributed by atoms with Crippen molar-refractivity contribution in [1.29, 1.82) is 0 Å². The lowest BCUT2D eigenvalue weighted by Gasteiger charge is -2.13. The third kappa shape index (κ3) is 3.96. The number of thiazole rings is 1. The number of halogens is 1. The summed E-state index contributed by atoms with van der Waals surface area (Å²) in [5.41, 5.74) is 5.42. The number of anilines is 2. The van der Waals surface area contributed by atoms with Crippen molar-refractivity contribution < 1.29 is 13.9 Å². The molecule has 5 rings (SSSR count). The number of imidazole rings is 1. The molecule has 0 aliphatic heterocycles. The molecule has 33 heavy (non-hydrogen) atoms. The van der Waals surface area contributed by atoms with E-state index in [4.69, 9.17) is 9.47 Å². The van der Waals surface area contributed by atoms with Crippen LogP contribution in [-0.2, 0) is 0 Å². The molecular formula is C23H19FN6O2S. The second kappa shape index (κ2) is 8.47. The van der Waals surface area contributed by atoms with Crippen LogP contribution in [0.4, 0.5) is 16.0 Å². The van der Waals surface area contributed by atoms with E-state index in [2.05, 4.69) is 25.3 Å². The molecule has 2 aromatic carbocycles. The first-order chi connectivity index (χ1) is 16.1. The highest BCUT2D eigenvalue weighted by atomic mass is 32.1. The molecule has 3 heterocycles. The SMILES string of the molecule is COc1ccc(-c2nc(Nc3ccc(-n4cnc(C)c4)c(OC)c3)nc3ncsc23)c(F)c1. The van der Waals surface area contributed by atoms with Crippen LogP contribution >= 0.6 is 11.3 Å². The highest BCUT2D eigenvalue weighted by Crippen LogP contribution is 2.34. The van der Waals surface area contributed by atoms with E-state index < -0.39 is 5.82 Å². The first-order valence-corrected chi connectivity index (χ1v) is 10.8. The zero-order chi connectivity index (χ0) is 22.9. The number of aromatic nitrogens is 5. The predicted octanol–water partition coefficient (Wildman–Crippen LogP) is 5.15. The summed E-state index contributed by atoms with van der Waals surface area (Å²) in [4.78, 5) is 17.7. The fourth-order valence-electron chi connectivity index (χ4n) is 3.47. The summed E-state index contributed by atoms with van der Waals surface area (Å²) in [6.07, 6.45) is 3.65. The van der Waals surface area contributed by atoms with Crippen LogP contribution in [-0.4, -0.2) is 38.7 Å². The van der Waals surface area contributed by atoms with E-state index >= 15 is 0 Å². The minimum Gasteiger partial charge on any atom is -0.497 e. The summed E-state index contributed by atoms with van der Waals surface area (Å²) < 4.78 is 28.1. The molecule has 8 nitrogen and oxygen atoms in total. The van der Waals surface area contributed by atoms with Crippen LogP contribution in [0, 0.1) is 12.7 Å². The Morgan fingerprint density at radius 1 is 1.03 bits per heavy atom. The topological polar surface area (TPSA) is 87.0 Å². The molecule has 0 bridgehead atoms. The Labute approximate surface area is 192 Å². The zero-order valence-corrected chi connectivity index (χ0v) is 18.9. The van der Waals surface area contributed by atoms with Gasteiger partial charge in [-0.25, -0.2) is 19.3 Å². The number of hydrogen-bond donors (Lipinski definition) is 1. The fourth-order valence-corrected chi connectivity index (χ4v) is 4.20. The predicted molar refractivity (Wildman–Crippen MR) is 125 cm³/mol. The molecule has 0 unspecified atom stereocenters. The molecule has 3 aromatic heterocycles. The van der Waals surface area contributed by atoms with Crippen molar-refractivity contribution in [3.05, 3.63) is 65.9 Å². The Balaban J connectivity index is 1.54. The molecule has 0 radical (unpaired) electrons. The van der Waals surface area contributed by atoms with E-state index in [1.807, 2.05) is 35.9 Å². The number of aryl methyl sites for hydroxylation is 1. The van der Waals surface area contributed by atoms with Crippen molar-refractivity contribution in [2.75, 3.05) is 19.5 Å². The molecule has 0 saturated heterocycles. The highest BCUT2D eigenvalue weighted by Gasteiger charge is 2.17. The average molecular weight is 463 g/mol. The minimum atomic E-state index is -0.435. The van der Waals surface area contributed by atoms with Gasteiger partial charge in [0.2, 0.25) is 5.95 Å². The van der Waals surface area contributed by atoms with Gasteiger partial charge in [0.15, 0.2) is 5.65 Å². The molecule has 0 atom stereocenters. The van der Waals surface area contributed by atoms with E-state index in [0.717, 1.165) is 11.4 Å². The Bertz CT molecular complexity index is 1460.